The van der Waals surface area contributed by atoms with Gasteiger partial charge in [0.1, 0.15) is 11.6 Å². The van der Waals surface area contributed by atoms with Crippen LogP contribution in [0.25, 0.3) is 0 Å². The summed E-state index contributed by atoms with van der Waals surface area (Å²) < 4.78 is 0. The van der Waals surface area contributed by atoms with Gasteiger partial charge in [-0.2, -0.15) is 0 Å². The molecule has 5 nitrogen and oxygen atoms in total. The molecule has 0 aromatic carbocycles. The molecule has 0 N–H and O–H groups in total. The van der Waals surface area contributed by atoms with Crippen molar-refractivity contribution in [3.63, 3.8) is 0 Å². The largest absolute Gasteiger partial charge is 0.353 e. The number of piperazine rings is 1. The van der Waals surface area contributed by atoms with Crippen LogP contribution in [-0.2, 0) is 0 Å². The van der Waals surface area contributed by atoms with Crippen molar-refractivity contribution >= 4 is 23.1 Å². The molecule has 0 bridgehead atoms. The first kappa shape index (κ1) is 17.9. The zero-order chi connectivity index (χ0) is 18.1. The van der Waals surface area contributed by atoms with Crippen LogP contribution in [0.15, 0.2) is 12.1 Å². The first-order chi connectivity index (χ1) is 11.8. The molecule has 1 saturated heterocycles. The lowest BCUT2D eigenvalue weighted by atomic mass is 10.2. The lowest BCUT2D eigenvalue weighted by molar-refractivity contribution is 0.0746. The molecule has 1 amide bonds. The molecular weight excluding hydrogens is 332 g/mol. The third-order valence-corrected chi connectivity index (χ3v) is 5.50. The molecule has 3 heterocycles. The number of aromatic nitrogens is 2. The number of anilines is 1. The molecule has 0 unspecified atom stereocenters. The van der Waals surface area contributed by atoms with E-state index in [0.717, 1.165) is 54.0 Å². The Morgan fingerprint density at radius 2 is 1.76 bits per heavy atom. The predicted octanol–water partition coefficient (Wildman–Crippen LogP) is 3.55. The van der Waals surface area contributed by atoms with Crippen LogP contribution in [0.2, 0.25) is 0 Å². The Labute approximate surface area is 153 Å². The fraction of sp³-hybridized carbons (Fsp3) is 0.526. The average Bonchev–Trinajstić information content (AvgIpc) is 2.92. The number of carbonyl (C=O) groups excluding carboxylic acids is 1. The van der Waals surface area contributed by atoms with Gasteiger partial charge in [0, 0.05) is 53.6 Å². The van der Waals surface area contributed by atoms with Crippen molar-refractivity contribution in [2.24, 2.45) is 0 Å². The number of rotatable bonds is 3. The molecule has 0 atom stereocenters. The zero-order valence-corrected chi connectivity index (χ0v) is 16.5. The van der Waals surface area contributed by atoms with Crippen LogP contribution < -0.4 is 4.90 Å². The van der Waals surface area contributed by atoms with Crippen molar-refractivity contribution in [1.82, 2.24) is 14.9 Å². The maximum absolute atomic E-state index is 12.8. The number of aryl methyl sites for hydroxylation is 3. The minimum atomic E-state index is 0.156. The van der Waals surface area contributed by atoms with E-state index < -0.39 is 0 Å². The van der Waals surface area contributed by atoms with Gasteiger partial charge in [-0.3, -0.25) is 4.79 Å². The highest BCUT2D eigenvalue weighted by atomic mass is 32.1. The van der Waals surface area contributed by atoms with Gasteiger partial charge in [-0.05, 0) is 26.8 Å². The number of amides is 1. The minimum absolute atomic E-state index is 0.156. The third kappa shape index (κ3) is 3.84. The second kappa shape index (κ2) is 7.12. The number of nitrogens with zero attached hydrogens (tertiary/aromatic N) is 4. The van der Waals surface area contributed by atoms with Crippen LogP contribution in [-0.4, -0.2) is 47.0 Å². The maximum atomic E-state index is 12.8. The summed E-state index contributed by atoms with van der Waals surface area (Å²) in [5.74, 6) is 2.33. The van der Waals surface area contributed by atoms with Crippen molar-refractivity contribution in [3.05, 3.63) is 39.0 Å². The van der Waals surface area contributed by atoms with Crippen molar-refractivity contribution in [2.45, 2.75) is 40.5 Å². The Balaban J connectivity index is 1.70. The molecule has 0 spiro atoms. The van der Waals surface area contributed by atoms with Crippen LogP contribution in [0, 0.1) is 20.8 Å². The van der Waals surface area contributed by atoms with E-state index in [0.29, 0.717) is 5.92 Å². The van der Waals surface area contributed by atoms with Gasteiger partial charge in [0.05, 0.1) is 5.56 Å². The fourth-order valence-corrected chi connectivity index (χ4v) is 4.06. The van der Waals surface area contributed by atoms with Crippen molar-refractivity contribution in [1.29, 1.82) is 0 Å². The molecule has 0 aliphatic carbocycles. The van der Waals surface area contributed by atoms with Gasteiger partial charge in [0.2, 0.25) is 0 Å². The molecule has 2 aromatic rings. The highest BCUT2D eigenvalue weighted by Gasteiger charge is 2.25. The van der Waals surface area contributed by atoms with Gasteiger partial charge in [-0.15, -0.1) is 11.3 Å². The first-order valence-electron chi connectivity index (χ1n) is 8.82. The molecule has 25 heavy (non-hydrogen) atoms. The van der Waals surface area contributed by atoms with E-state index in [1.54, 1.807) is 11.3 Å². The van der Waals surface area contributed by atoms with Crippen LogP contribution >= 0.6 is 11.3 Å². The summed E-state index contributed by atoms with van der Waals surface area (Å²) in [6.45, 7) is 13.4. The Morgan fingerprint density at radius 3 is 2.32 bits per heavy atom. The van der Waals surface area contributed by atoms with Crippen molar-refractivity contribution < 1.29 is 4.79 Å². The summed E-state index contributed by atoms with van der Waals surface area (Å²) in [5, 5.41) is 0. The molecule has 0 saturated carbocycles. The topological polar surface area (TPSA) is 49.3 Å². The standard InChI is InChI=1S/C19H26N4OS/c1-12(2)18-20-13(3)10-17(21-18)22-6-8-23(9-7-22)19(24)16-11-14(4)25-15(16)5/h10-12H,6-9H2,1-5H3. The highest BCUT2D eigenvalue weighted by molar-refractivity contribution is 7.12. The van der Waals surface area contributed by atoms with Gasteiger partial charge >= 0.3 is 0 Å². The number of hydrogen-bond donors (Lipinski definition) is 0. The highest BCUT2D eigenvalue weighted by Crippen LogP contribution is 2.23. The summed E-state index contributed by atoms with van der Waals surface area (Å²) in [4.78, 5) is 28.5. The van der Waals surface area contributed by atoms with Crippen LogP contribution in [0.5, 0.6) is 0 Å². The normalized spacial score (nSPS) is 15.1. The molecular formula is C19H26N4OS. The Morgan fingerprint density at radius 1 is 1.08 bits per heavy atom. The number of carbonyl (C=O) groups is 1. The lowest BCUT2D eigenvalue weighted by Gasteiger charge is -2.35. The van der Waals surface area contributed by atoms with Crippen LogP contribution in [0.1, 0.15) is 51.4 Å². The minimum Gasteiger partial charge on any atom is -0.353 e. The third-order valence-electron chi connectivity index (χ3n) is 4.54. The summed E-state index contributed by atoms with van der Waals surface area (Å²) in [7, 11) is 0. The average molecular weight is 359 g/mol. The Kier molecular flexibility index (Phi) is 5.08. The second-order valence-corrected chi connectivity index (χ2v) is 8.45. The SMILES string of the molecule is Cc1cc(N2CCN(C(=O)c3cc(C)sc3C)CC2)nc(C(C)C)n1. The van der Waals surface area contributed by atoms with Gasteiger partial charge in [0.15, 0.2) is 0 Å². The quantitative estimate of drug-likeness (QED) is 0.842. The summed E-state index contributed by atoms with van der Waals surface area (Å²) >= 11 is 1.69. The second-order valence-electron chi connectivity index (χ2n) is 6.99. The van der Waals surface area contributed by atoms with Crippen molar-refractivity contribution in [2.75, 3.05) is 31.1 Å². The predicted molar refractivity (Wildman–Crippen MR) is 103 cm³/mol. The van der Waals surface area contributed by atoms with Gasteiger partial charge < -0.3 is 9.80 Å². The van der Waals surface area contributed by atoms with E-state index in [9.17, 15) is 4.79 Å². The van der Waals surface area contributed by atoms with Crippen LogP contribution in [0.3, 0.4) is 0 Å². The van der Waals surface area contributed by atoms with E-state index in [2.05, 4.69) is 30.7 Å². The van der Waals surface area contributed by atoms with Gasteiger partial charge in [0.25, 0.3) is 5.91 Å². The smallest absolute Gasteiger partial charge is 0.255 e. The molecule has 0 radical (unpaired) electrons. The van der Waals surface area contributed by atoms with E-state index >= 15 is 0 Å². The summed E-state index contributed by atoms with van der Waals surface area (Å²) in [5.41, 5.74) is 1.85. The molecule has 3 rings (SSSR count). The number of thiophene rings is 1. The van der Waals surface area contributed by atoms with Crippen molar-refractivity contribution in [3.8, 4) is 0 Å². The van der Waals surface area contributed by atoms with E-state index in [1.807, 2.05) is 30.9 Å². The molecule has 1 aliphatic heterocycles. The van der Waals surface area contributed by atoms with Crippen LogP contribution in [0.4, 0.5) is 5.82 Å². The fourth-order valence-electron chi connectivity index (χ4n) is 3.15. The van der Waals surface area contributed by atoms with Gasteiger partial charge in [-0.1, -0.05) is 13.8 Å². The van der Waals surface area contributed by atoms with E-state index in [-0.39, 0.29) is 5.91 Å². The molecule has 6 heteroatoms. The van der Waals surface area contributed by atoms with Gasteiger partial charge in [-0.25, -0.2) is 9.97 Å². The Hall–Kier alpha value is -1.95. The molecule has 1 fully saturated rings. The molecule has 1 aliphatic rings. The maximum Gasteiger partial charge on any atom is 0.255 e. The summed E-state index contributed by atoms with van der Waals surface area (Å²) in [6.07, 6.45) is 0. The van der Waals surface area contributed by atoms with E-state index in [1.165, 1.54) is 4.88 Å². The Bertz CT molecular complexity index is 776. The monoisotopic (exact) mass is 358 g/mol. The summed E-state index contributed by atoms with van der Waals surface area (Å²) in [6, 6.07) is 4.05. The van der Waals surface area contributed by atoms with E-state index in [4.69, 9.17) is 4.98 Å². The number of hydrogen-bond acceptors (Lipinski definition) is 5. The first-order valence-corrected chi connectivity index (χ1v) is 9.63. The lowest BCUT2D eigenvalue weighted by Crippen LogP contribution is -2.49. The molecule has 134 valence electrons. The molecule has 2 aromatic heterocycles. The zero-order valence-electron chi connectivity index (χ0n) is 15.7.